The van der Waals surface area contributed by atoms with Crippen LogP contribution in [0.25, 0.3) is 0 Å². The van der Waals surface area contributed by atoms with E-state index in [-0.39, 0.29) is 23.7 Å². The summed E-state index contributed by atoms with van der Waals surface area (Å²) in [4.78, 5) is 27.2. The number of carbonyl (C=O) groups is 1. The number of aryl methyl sites for hydroxylation is 1. The van der Waals surface area contributed by atoms with E-state index in [1.807, 2.05) is 6.07 Å². The number of H-pyrrole nitrogens is 1. The van der Waals surface area contributed by atoms with Crippen LogP contribution in [0.5, 0.6) is 5.88 Å². The molecule has 0 fully saturated rings. The number of carbonyl (C=O) groups excluding carboxylic acids is 1. The molecule has 0 aliphatic heterocycles. The van der Waals surface area contributed by atoms with Crippen molar-refractivity contribution in [1.82, 2.24) is 20.1 Å². The number of hydrogen-bond acceptors (Lipinski definition) is 4. The summed E-state index contributed by atoms with van der Waals surface area (Å²) < 4.78 is 7.28. The first-order valence-electron chi connectivity index (χ1n) is 5.74. The van der Waals surface area contributed by atoms with Crippen molar-refractivity contribution in [2.75, 3.05) is 7.11 Å². The second kappa shape index (κ2) is 5.91. The molecule has 0 bridgehead atoms. The molecule has 7 nitrogen and oxygen atoms in total. The molecule has 8 heteroatoms. The summed E-state index contributed by atoms with van der Waals surface area (Å²) in [5, 5.41) is 5.19. The van der Waals surface area contributed by atoms with Crippen LogP contribution < -0.4 is 15.6 Å². The second-order valence-electron chi connectivity index (χ2n) is 4.07. The van der Waals surface area contributed by atoms with E-state index >= 15 is 0 Å². The van der Waals surface area contributed by atoms with Crippen LogP contribution in [-0.4, -0.2) is 27.8 Å². The van der Waals surface area contributed by atoms with E-state index in [2.05, 4.69) is 31.3 Å². The van der Waals surface area contributed by atoms with Crippen molar-refractivity contribution in [1.29, 1.82) is 0 Å². The third-order valence-electron chi connectivity index (χ3n) is 2.66. The topological polar surface area (TPSA) is 89.0 Å². The van der Waals surface area contributed by atoms with Crippen LogP contribution in [0.2, 0.25) is 0 Å². The molecule has 0 atom stereocenters. The Bertz CT molecular complexity index is 692. The first kappa shape index (κ1) is 14.3. The van der Waals surface area contributed by atoms with Crippen molar-refractivity contribution in [3.8, 4) is 5.88 Å². The van der Waals surface area contributed by atoms with Gasteiger partial charge in [0.05, 0.1) is 7.11 Å². The predicted molar refractivity (Wildman–Crippen MR) is 75.7 cm³/mol. The lowest BCUT2D eigenvalue weighted by atomic mass is 10.2. The molecule has 0 aliphatic rings. The minimum atomic E-state index is -0.354. The second-order valence-corrected chi connectivity index (χ2v) is 4.98. The van der Waals surface area contributed by atoms with Gasteiger partial charge in [-0.2, -0.15) is 0 Å². The van der Waals surface area contributed by atoms with E-state index in [0.717, 1.165) is 10.0 Å². The van der Waals surface area contributed by atoms with E-state index in [9.17, 15) is 9.59 Å². The number of halogens is 1. The van der Waals surface area contributed by atoms with Crippen molar-refractivity contribution in [2.45, 2.75) is 6.54 Å². The molecule has 0 unspecified atom stereocenters. The van der Waals surface area contributed by atoms with E-state index in [0.29, 0.717) is 5.88 Å². The Morgan fingerprint density at radius 1 is 1.55 bits per heavy atom. The van der Waals surface area contributed by atoms with Crippen molar-refractivity contribution < 1.29 is 9.53 Å². The number of ether oxygens (including phenoxy) is 1. The largest absolute Gasteiger partial charge is 0.481 e. The molecule has 2 aromatic rings. The third-order valence-corrected chi connectivity index (χ3v) is 3.10. The fraction of sp³-hybridized carbons (Fsp3) is 0.250. The van der Waals surface area contributed by atoms with Gasteiger partial charge in [0.1, 0.15) is 5.69 Å². The lowest BCUT2D eigenvalue weighted by Crippen LogP contribution is -2.25. The van der Waals surface area contributed by atoms with E-state index in [1.165, 1.54) is 17.9 Å². The van der Waals surface area contributed by atoms with Gasteiger partial charge in [-0.3, -0.25) is 19.4 Å². The van der Waals surface area contributed by atoms with Gasteiger partial charge in [-0.05, 0) is 22.0 Å². The molecule has 0 saturated carbocycles. The third kappa shape index (κ3) is 3.08. The highest BCUT2D eigenvalue weighted by atomic mass is 79.9. The Kier molecular flexibility index (Phi) is 4.23. The zero-order valence-electron chi connectivity index (χ0n) is 10.9. The van der Waals surface area contributed by atoms with Crippen LogP contribution in [0.15, 0.2) is 27.6 Å². The fourth-order valence-electron chi connectivity index (χ4n) is 1.74. The van der Waals surface area contributed by atoms with Crippen LogP contribution >= 0.6 is 15.9 Å². The molecule has 20 heavy (non-hydrogen) atoms. The maximum atomic E-state index is 12.0. The number of aromatic amines is 1. The summed E-state index contributed by atoms with van der Waals surface area (Å²) in [5.41, 5.74) is 0.673. The molecular weight excluding hydrogens is 328 g/mol. The van der Waals surface area contributed by atoms with Crippen LogP contribution in [0.4, 0.5) is 0 Å². The monoisotopic (exact) mass is 340 g/mol. The van der Waals surface area contributed by atoms with Gasteiger partial charge in [0.15, 0.2) is 0 Å². The normalized spacial score (nSPS) is 10.3. The highest BCUT2D eigenvalue weighted by Crippen LogP contribution is 2.19. The Balaban J connectivity index is 2.13. The molecular formula is C12H13BrN4O3. The molecule has 2 heterocycles. The summed E-state index contributed by atoms with van der Waals surface area (Å²) in [6.45, 7) is 0.244. The number of hydrogen-bond donors (Lipinski definition) is 2. The number of methoxy groups -OCH3 is 1. The molecule has 0 aromatic carbocycles. The number of nitrogens with zero attached hydrogens (tertiary/aromatic N) is 2. The molecule has 2 aromatic heterocycles. The molecule has 106 valence electrons. The minimum Gasteiger partial charge on any atom is -0.481 e. The SMILES string of the molecule is COc1ncc(Br)cc1CNC(=O)c1cc(=O)[nH]n1C. The molecule has 0 aliphatic carbocycles. The Morgan fingerprint density at radius 3 is 2.90 bits per heavy atom. The Hall–Kier alpha value is -2.09. The summed E-state index contributed by atoms with van der Waals surface area (Å²) >= 11 is 3.31. The number of nitrogens with one attached hydrogen (secondary N) is 2. The number of rotatable bonds is 4. The minimum absolute atomic E-state index is 0.244. The smallest absolute Gasteiger partial charge is 0.269 e. The molecule has 0 saturated heterocycles. The van der Waals surface area contributed by atoms with Crippen LogP contribution in [0.3, 0.4) is 0 Å². The maximum absolute atomic E-state index is 12.0. The summed E-state index contributed by atoms with van der Waals surface area (Å²) in [5.74, 6) is 0.0873. The summed E-state index contributed by atoms with van der Waals surface area (Å²) in [6, 6.07) is 3.05. The highest BCUT2D eigenvalue weighted by Gasteiger charge is 2.12. The fourth-order valence-corrected chi connectivity index (χ4v) is 2.12. The van der Waals surface area contributed by atoms with Crippen LogP contribution in [0.1, 0.15) is 16.1 Å². The number of aromatic nitrogens is 3. The highest BCUT2D eigenvalue weighted by molar-refractivity contribution is 9.10. The molecule has 0 radical (unpaired) electrons. The lowest BCUT2D eigenvalue weighted by molar-refractivity contribution is 0.0941. The van der Waals surface area contributed by atoms with Crippen molar-refractivity contribution in [2.24, 2.45) is 7.05 Å². The van der Waals surface area contributed by atoms with Crippen LogP contribution in [-0.2, 0) is 13.6 Å². The first-order chi connectivity index (χ1) is 9.51. The lowest BCUT2D eigenvalue weighted by Gasteiger charge is -2.09. The van der Waals surface area contributed by atoms with Crippen LogP contribution in [0, 0.1) is 0 Å². The summed E-state index contributed by atoms with van der Waals surface area (Å²) in [6.07, 6.45) is 1.61. The van der Waals surface area contributed by atoms with E-state index in [4.69, 9.17) is 4.74 Å². The van der Waals surface area contributed by atoms with Crippen molar-refractivity contribution in [3.05, 3.63) is 44.4 Å². The van der Waals surface area contributed by atoms with Gasteiger partial charge in [-0.25, -0.2) is 4.98 Å². The summed E-state index contributed by atoms with van der Waals surface area (Å²) in [7, 11) is 3.11. The van der Waals surface area contributed by atoms with E-state index < -0.39 is 0 Å². The average Bonchev–Trinajstić information content (AvgIpc) is 2.75. The quantitative estimate of drug-likeness (QED) is 0.861. The van der Waals surface area contributed by atoms with Gasteiger partial charge in [-0.15, -0.1) is 0 Å². The average molecular weight is 341 g/mol. The van der Waals surface area contributed by atoms with Gasteiger partial charge >= 0.3 is 0 Å². The number of amides is 1. The molecule has 2 N–H and O–H groups in total. The zero-order chi connectivity index (χ0) is 14.7. The van der Waals surface area contributed by atoms with Crippen molar-refractivity contribution in [3.63, 3.8) is 0 Å². The van der Waals surface area contributed by atoms with E-state index in [1.54, 1.807) is 13.2 Å². The van der Waals surface area contributed by atoms with Gasteiger partial charge in [-0.1, -0.05) is 0 Å². The van der Waals surface area contributed by atoms with Gasteiger partial charge in [0, 0.05) is 35.9 Å². The molecule has 0 spiro atoms. The standard InChI is InChI=1S/C12H13BrN4O3/c1-17-9(4-10(18)16-17)11(19)14-5-7-3-8(13)6-15-12(7)20-2/h3-4,6H,5H2,1-2H3,(H,14,19)(H,16,18). The van der Waals surface area contributed by atoms with Gasteiger partial charge in [0.25, 0.3) is 11.5 Å². The molecule has 2 rings (SSSR count). The zero-order valence-corrected chi connectivity index (χ0v) is 12.5. The maximum Gasteiger partial charge on any atom is 0.269 e. The Morgan fingerprint density at radius 2 is 2.30 bits per heavy atom. The van der Waals surface area contributed by atoms with Crippen molar-refractivity contribution >= 4 is 21.8 Å². The predicted octanol–water partition coefficient (Wildman–Crippen LogP) is 0.809. The van der Waals surface area contributed by atoms with Gasteiger partial charge < -0.3 is 10.1 Å². The Labute approximate surface area is 123 Å². The van der Waals surface area contributed by atoms with Gasteiger partial charge in [0.2, 0.25) is 5.88 Å². The first-order valence-corrected chi connectivity index (χ1v) is 6.53. The molecule has 1 amide bonds. The number of pyridine rings is 1.